The minimum absolute atomic E-state index is 0.255. The highest BCUT2D eigenvalue weighted by molar-refractivity contribution is 5.92. The third kappa shape index (κ3) is 5.15. The highest BCUT2D eigenvalue weighted by Gasteiger charge is 2.20. The summed E-state index contributed by atoms with van der Waals surface area (Å²) in [5.41, 5.74) is 1.20. The molecule has 1 fully saturated rings. The summed E-state index contributed by atoms with van der Waals surface area (Å²) in [5, 5.41) is 2.93. The molecule has 1 saturated heterocycles. The van der Waals surface area contributed by atoms with Crippen molar-refractivity contribution in [2.45, 2.75) is 12.5 Å². The standard InChI is InChI=1S/C21H23FN6O3/c1-27-12-18(23-13-27)20(30)25-17(14-2-4-15(22)5-3-14)10-16-11-19(29)26-21(24-16)28-6-8-31-9-7-28/h2-5,11-13,17H,6-10H2,1H3,(H,25,30)(H,24,26,29)/t17-/m1/s1. The number of nitrogens with zero attached hydrogens (tertiary/aromatic N) is 4. The molecule has 10 heteroatoms. The molecule has 1 aliphatic rings. The number of ether oxygens (including phenoxy) is 1. The van der Waals surface area contributed by atoms with Gasteiger partial charge in [-0.2, -0.15) is 0 Å². The maximum absolute atomic E-state index is 13.4. The van der Waals surface area contributed by atoms with Crippen molar-refractivity contribution in [2.75, 3.05) is 31.2 Å². The van der Waals surface area contributed by atoms with E-state index in [9.17, 15) is 14.0 Å². The lowest BCUT2D eigenvalue weighted by Crippen LogP contribution is -2.38. The van der Waals surface area contributed by atoms with Gasteiger partial charge in [-0.15, -0.1) is 0 Å². The number of carbonyl (C=O) groups is 1. The summed E-state index contributed by atoms with van der Waals surface area (Å²) in [6, 6.07) is 6.76. The second kappa shape index (κ2) is 9.09. The first-order chi connectivity index (χ1) is 15.0. The number of nitrogens with one attached hydrogen (secondary N) is 2. The molecule has 3 aromatic rings. The zero-order valence-corrected chi connectivity index (χ0v) is 17.0. The van der Waals surface area contributed by atoms with Crippen molar-refractivity contribution in [3.8, 4) is 0 Å². The predicted molar refractivity (Wildman–Crippen MR) is 111 cm³/mol. The highest BCUT2D eigenvalue weighted by Crippen LogP contribution is 2.20. The van der Waals surface area contributed by atoms with Gasteiger partial charge in [0.2, 0.25) is 5.95 Å². The van der Waals surface area contributed by atoms with Gasteiger partial charge >= 0.3 is 0 Å². The molecule has 4 rings (SSSR count). The zero-order chi connectivity index (χ0) is 21.8. The van der Waals surface area contributed by atoms with Crippen molar-refractivity contribution in [3.63, 3.8) is 0 Å². The van der Waals surface area contributed by atoms with Gasteiger partial charge in [0, 0.05) is 38.8 Å². The molecule has 1 amide bonds. The first-order valence-corrected chi connectivity index (χ1v) is 9.95. The Hall–Kier alpha value is -3.53. The van der Waals surface area contributed by atoms with E-state index in [0.29, 0.717) is 43.5 Å². The summed E-state index contributed by atoms with van der Waals surface area (Å²) in [7, 11) is 1.77. The van der Waals surface area contributed by atoms with Crippen molar-refractivity contribution in [2.24, 2.45) is 7.05 Å². The monoisotopic (exact) mass is 426 g/mol. The summed E-state index contributed by atoms with van der Waals surface area (Å²) >= 11 is 0. The van der Waals surface area contributed by atoms with E-state index in [4.69, 9.17) is 4.74 Å². The zero-order valence-electron chi connectivity index (χ0n) is 17.0. The molecule has 162 valence electrons. The number of aromatic nitrogens is 4. The fraction of sp³-hybridized carbons (Fsp3) is 0.333. The molecule has 2 aromatic heterocycles. The lowest BCUT2D eigenvalue weighted by atomic mass is 10.0. The molecule has 0 bridgehead atoms. The molecule has 3 heterocycles. The van der Waals surface area contributed by atoms with Crippen molar-refractivity contribution < 1.29 is 13.9 Å². The van der Waals surface area contributed by atoms with Crippen LogP contribution in [0, 0.1) is 5.82 Å². The van der Waals surface area contributed by atoms with E-state index in [0.717, 1.165) is 0 Å². The number of morpholine rings is 1. The second-order valence-corrected chi connectivity index (χ2v) is 7.37. The molecule has 0 radical (unpaired) electrons. The van der Waals surface area contributed by atoms with E-state index < -0.39 is 6.04 Å². The van der Waals surface area contributed by atoms with Crippen LogP contribution in [-0.2, 0) is 18.2 Å². The van der Waals surface area contributed by atoms with Gasteiger partial charge < -0.3 is 19.5 Å². The summed E-state index contributed by atoms with van der Waals surface area (Å²) in [6.45, 7) is 2.38. The largest absolute Gasteiger partial charge is 0.378 e. The molecule has 31 heavy (non-hydrogen) atoms. The number of carbonyl (C=O) groups excluding carboxylic acids is 1. The van der Waals surface area contributed by atoms with Crippen LogP contribution >= 0.6 is 0 Å². The summed E-state index contributed by atoms with van der Waals surface area (Å²) in [6.07, 6.45) is 3.40. The minimum atomic E-state index is -0.526. The van der Waals surface area contributed by atoms with Crippen molar-refractivity contribution in [3.05, 3.63) is 76.0 Å². The Labute approximate surface area is 177 Å². The van der Waals surface area contributed by atoms with E-state index in [1.807, 2.05) is 4.90 Å². The van der Waals surface area contributed by atoms with E-state index in [1.54, 1.807) is 29.9 Å². The Balaban J connectivity index is 1.61. The molecule has 0 unspecified atom stereocenters. The van der Waals surface area contributed by atoms with Crippen LogP contribution in [0.15, 0.2) is 47.7 Å². The molecule has 1 aromatic carbocycles. The normalized spacial score (nSPS) is 15.0. The average Bonchev–Trinajstić information content (AvgIpc) is 3.20. The second-order valence-electron chi connectivity index (χ2n) is 7.37. The fourth-order valence-corrected chi connectivity index (χ4v) is 3.44. The number of amides is 1. The van der Waals surface area contributed by atoms with Gasteiger partial charge in [0.05, 0.1) is 31.3 Å². The number of anilines is 1. The number of benzene rings is 1. The molecule has 0 aliphatic carbocycles. The Kier molecular flexibility index (Phi) is 6.08. The first kappa shape index (κ1) is 20.7. The van der Waals surface area contributed by atoms with Crippen LogP contribution in [0.25, 0.3) is 0 Å². The first-order valence-electron chi connectivity index (χ1n) is 9.95. The van der Waals surface area contributed by atoms with E-state index in [-0.39, 0.29) is 29.4 Å². The molecular weight excluding hydrogens is 403 g/mol. The van der Waals surface area contributed by atoms with Crippen LogP contribution in [0.5, 0.6) is 0 Å². The van der Waals surface area contributed by atoms with E-state index in [1.165, 1.54) is 24.5 Å². The third-order valence-electron chi connectivity index (χ3n) is 5.02. The summed E-state index contributed by atoms with van der Waals surface area (Å²) in [4.78, 5) is 38.4. The average molecular weight is 426 g/mol. The van der Waals surface area contributed by atoms with Crippen LogP contribution in [0.2, 0.25) is 0 Å². The summed E-state index contributed by atoms with van der Waals surface area (Å²) < 4.78 is 20.5. The topological polar surface area (TPSA) is 105 Å². The van der Waals surface area contributed by atoms with Crippen LogP contribution in [0.1, 0.15) is 27.8 Å². The highest BCUT2D eigenvalue weighted by atomic mass is 19.1. The lowest BCUT2D eigenvalue weighted by Gasteiger charge is -2.27. The maximum Gasteiger partial charge on any atom is 0.271 e. The number of imidazole rings is 1. The van der Waals surface area contributed by atoms with Crippen molar-refractivity contribution in [1.82, 2.24) is 24.8 Å². The maximum atomic E-state index is 13.4. The van der Waals surface area contributed by atoms with Gasteiger partial charge in [-0.05, 0) is 17.7 Å². The van der Waals surface area contributed by atoms with Gasteiger partial charge in [-0.1, -0.05) is 12.1 Å². The van der Waals surface area contributed by atoms with Crippen LogP contribution in [0.4, 0.5) is 10.3 Å². The molecule has 9 nitrogen and oxygen atoms in total. The number of aromatic amines is 1. The molecule has 1 atom stereocenters. The van der Waals surface area contributed by atoms with E-state index >= 15 is 0 Å². The number of halogens is 1. The number of H-pyrrole nitrogens is 1. The quantitative estimate of drug-likeness (QED) is 0.614. The Morgan fingerprint density at radius 1 is 1.29 bits per heavy atom. The Morgan fingerprint density at radius 3 is 2.71 bits per heavy atom. The minimum Gasteiger partial charge on any atom is -0.378 e. The van der Waals surface area contributed by atoms with Crippen LogP contribution in [0.3, 0.4) is 0 Å². The van der Waals surface area contributed by atoms with Gasteiger partial charge in [-0.3, -0.25) is 14.6 Å². The van der Waals surface area contributed by atoms with Crippen LogP contribution < -0.4 is 15.8 Å². The van der Waals surface area contributed by atoms with E-state index in [2.05, 4.69) is 20.3 Å². The smallest absolute Gasteiger partial charge is 0.271 e. The molecule has 0 saturated carbocycles. The number of aryl methyl sites for hydroxylation is 1. The fourth-order valence-electron chi connectivity index (χ4n) is 3.44. The number of hydrogen-bond acceptors (Lipinski definition) is 6. The van der Waals surface area contributed by atoms with Gasteiger partial charge in [-0.25, -0.2) is 14.4 Å². The predicted octanol–water partition coefficient (Wildman–Crippen LogP) is 1.19. The Morgan fingerprint density at radius 2 is 2.03 bits per heavy atom. The van der Waals surface area contributed by atoms with Gasteiger partial charge in [0.25, 0.3) is 11.5 Å². The SMILES string of the molecule is Cn1cnc(C(=O)N[C@H](Cc2cc(=O)[nH]c(N3CCOCC3)n2)c2ccc(F)cc2)c1. The molecule has 0 spiro atoms. The van der Waals surface area contributed by atoms with Crippen molar-refractivity contribution in [1.29, 1.82) is 0 Å². The van der Waals surface area contributed by atoms with Gasteiger partial charge in [0.1, 0.15) is 11.5 Å². The molecular formula is C21H23FN6O3. The van der Waals surface area contributed by atoms with Crippen molar-refractivity contribution >= 4 is 11.9 Å². The summed E-state index contributed by atoms with van der Waals surface area (Å²) in [5.74, 6) is -0.268. The number of rotatable bonds is 6. The third-order valence-corrected chi connectivity index (χ3v) is 5.02. The molecule has 2 N–H and O–H groups in total. The lowest BCUT2D eigenvalue weighted by molar-refractivity contribution is 0.0931. The Bertz CT molecular complexity index is 1100. The van der Waals surface area contributed by atoms with Crippen LogP contribution in [-0.4, -0.2) is 51.7 Å². The number of hydrogen-bond donors (Lipinski definition) is 2. The van der Waals surface area contributed by atoms with Gasteiger partial charge in [0.15, 0.2) is 0 Å². The molecule has 1 aliphatic heterocycles.